The molecule has 0 amide bonds. The van der Waals surface area contributed by atoms with Crippen molar-refractivity contribution < 1.29 is 23.8 Å². The average molecular weight is 244 g/mol. The molecule has 0 saturated carbocycles. The summed E-state index contributed by atoms with van der Waals surface area (Å²) in [6.07, 6.45) is 0.682. The number of methoxy groups -OCH3 is 1. The van der Waals surface area contributed by atoms with E-state index in [1.54, 1.807) is 7.11 Å². The molecular weight excluding hydrogens is 228 g/mol. The first-order valence-corrected chi connectivity index (χ1v) is 5.19. The van der Waals surface area contributed by atoms with Crippen molar-refractivity contribution in [3.05, 3.63) is 11.8 Å². The molecule has 0 bridgehead atoms. The third kappa shape index (κ3) is 3.50. The minimum absolute atomic E-state index is 0.0250. The molecule has 1 rings (SSSR count). The van der Waals surface area contributed by atoms with Gasteiger partial charge in [-0.2, -0.15) is 0 Å². The van der Waals surface area contributed by atoms with E-state index in [-0.39, 0.29) is 12.5 Å². The lowest BCUT2D eigenvalue weighted by Crippen LogP contribution is -2.23. The van der Waals surface area contributed by atoms with Gasteiger partial charge in [-0.3, -0.25) is 0 Å². The van der Waals surface area contributed by atoms with Crippen LogP contribution < -0.4 is 0 Å². The Hall–Kier alpha value is -1.47. The summed E-state index contributed by atoms with van der Waals surface area (Å²) in [4.78, 5) is 10.2. The van der Waals surface area contributed by atoms with Gasteiger partial charge in [0.15, 0.2) is 0 Å². The number of hydrogen-bond donors (Lipinski definition) is 1. The molecule has 1 aromatic rings. The second kappa shape index (κ2) is 5.74. The van der Waals surface area contributed by atoms with E-state index in [1.165, 1.54) is 0 Å². The second-order valence-corrected chi connectivity index (χ2v) is 3.68. The summed E-state index contributed by atoms with van der Waals surface area (Å²) in [6, 6.07) is 0. The van der Waals surface area contributed by atoms with E-state index in [0.717, 1.165) is 0 Å². The molecule has 17 heavy (non-hydrogen) atoms. The van der Waals surface area contributed by atoms with E-state index in [4.69, 9.17) is 19.0 Å². The summed E-state index contributed by atoms with van der Waals surface area (Å²) >= 11 is 0. The van der Waals surface area contributed by atoms with Crippen LogP contribution in [0.25, 0.3) is 0 Å². The predicted molar refractivity (Wildman–Crippen MR) is 56.2 cm³/mol. The number of carboxylic acids is 1. The molecule has 1 atom stereocenters. The van der Waals surface area contributed by atoms with Crippen molar-refractivity contribution in [2.45, 2.75) is 32.5 Å². The van der Waals surface area contributed by atoms with Gasteiger partial charge in [-0.05, 0) is 13.3 Å². The van der Waals surface area contributed by atoms with Crippen LogP contribution in [0.5, 0.6) is 0 Å². The Morgan fingerprint density at radius 3 is 2.76 bits per heavy atom. The Balaban J connectivity index is 2.61. The largest absolute Gasteiger partial charge is 0.480 e. The van der Waals surface area contributed by atoms with Gasteiger partial charge >= 0.3 is 5.97 Å². The monoisotopic (exact) mass is 244 g/mol. The third-order valence-corrected chi connectivity index (χ3v) is 2.50. The van der Waals surface area contributed by atoms with Crippen LogP contribution in [0.3, 0.4) is 0 Å². The normalized spacial score (nSPS) is 14.5. The molecule has 0 radical (unpaired) electrons. The number of carboxylic acid groups (broad SMARTS) is 1. The first-order valence-electron chi connectivity index (χ1n) is 5.19. The summed E-state index contributed by atoms with van der Waals surface area (Å²) in [5.41, 5.74) is -0.627. The van der Waals surface area contributed by atoms with E-state index in [0.29, 0.717) is 12.3 Å². The molecule has 0 aromatic carbocycles. The van der Waals surface area contributed by atoms with Crippen LogP contribution in [0.2, 0.25) is 0 Å². The van der Waals surface area contributed by atoms with Crippen molar-refractivity contribution in [2.75, 3.05) is 13.7 Å². The molecular formula is C10H16N2O5. The highest BCUT2D eigenvalue weighted by molar-refractivity contribution is 5.67. The smallest absolute Gasteiger partial charge is 0.329 e. The van der Waals surface area contributed by atoms with Gasteiger partial charge in [-0.25, -0.2) is 4.79 Å². The lowest BCUT2D eigenvalue weighted by atomic mass is 10.0. The Labute approximate surface area is 98.7 Å². The Morgan fingerprint density at radius 2 is 2.24 bits per heavy atom. The van der Waals surface area contributed by atoms with E-state index in [9.17, 15) is 4.79 Å². The van der Waals surface area contributed by atoms with Crippen LogP contribution in [-0.4, -0.2) is 35.0 Å². The Bertz CT molecular complexity index is 373. The topological polar surface area (TPSA) is 94.7 Å². The molecule has 1 heterocycles. The maximum absolute atomic E-state index is 10.2. The zero-order chi connectivity index (χ0) is 12.9. The molecule has 0 aliphatic rings. The molecule has 0 aliphatic heterocycles. The summed E-state index contributed by atoms with van der Waals surface area (Å²) in [6.45, 7) is 3.35. The number of hydrogen-bond acceptors (Lipinski definition) is 6. The van der Waals surface area contributed by atoms with Gasteiger partial charge in [-0.15, -0.1) is 10.2 Å². The van der Waals surface area contributed by atoms with Crippen molar-refractivity contribution in [3.8, 4) is 0 Å². The van der Waals surface area contributed by atoms with Crippen LogP contribution in [0.1, 0.15) is 32.0 Å². The third-order valence-electron chi connectivity index (χ3n) is 2.50. The fourth-order valence-corrected chi connectivity index (χ4v) is 1.13. The minimum Gasteiger partial charge on any atom is -0.480 e. The van der Waals surface area contributed by atoms with Crippen LogP contribution in [-0.2, 0) is 26.5 Å². The SMILES string of the molecule is CCC(C)(OC)c1nnc(COCC(=O)O)o1. The first kappa shape index (κ1) is 13.6. The standard InChI is InChI=1S/C10H16N2O5/c1-4-10(2,15-3)9-12-11-7(17-9)5-16-6-8(13)14/h4-6H2,1-3H3,(H,13,14). The van der Waals surface area contributed by atoms with E-state index in [1.807, 2.05) is 13.8 Å². The zero-order valence-corrected chi connectivity index (χ0v) is 10.1. The number of carbonyl (C=O) groups is 1. The molecule has 96 valence electrons. The highest BCUT2D eigenvalue weighted by atomic mass is 16.5. The van der Waals surface area contributed by atoms with Gasteiger partial charge < -0.3 is 19.0 Å². The average Bonchev–Trinajstić information content (AvgIpc) is 2.77. The van der Waals surface area contributed by atoms with Gasteiger partial charge in [0.05, 0.1) is 0 Å². The molecule has 1 aromatic heterocycles. The second-order valence-electron chi connectivity index (χ2n) is 3.68. The number of aliphatic carboxylic acids is 1. The molecule has 1 N–H and O–H groups in total. The number of aromatic nitrogens is 2. The predicted octanol–water partition coefficient (Wildman–Crippen LogP) is 0.942. The number of ether oxygens (including phenoxy) is 2. The van der Waals surface area contributed by atoms with E-state index in [2.05, 4.69) is 10.2 Å². The van der Waals surface area contributed by atoms with Crippen LogP contribution in [0.4, 0.5) is 0 Å². The zero-order valence-electron chi connectivity index (χ0n) is 10.1. The fourth-order valence-electron chi connectivity index (χ4n) is 1.13. The number of nitrogens with zero attached hydrogens (tertiary/aromatic N) is 2. The first-order chi connectivity index (χ1) is 8.01. The van der Waals surface area contributed by atoms with Gasteiger partial charge in [-0.1, -0.05) is 6.92 Å². The van der Waals surface area contributed by atoms with E-state index < -0.39 is 18.2 Å². The number of rotatable bonds is 7. The van der Waals surface area contributed by atoms with Gasteiger partial charge in [0, 0.05) is 7.11 Å². The molecule has 0 aliphatic carbocycles. The van der Waals surface area contributed by atoms with Crippen molar-refractivity contribution in [1.29, 1.82) is 0 Å². The summed E-state index contributed by atoms with van der Waals surface area (Å²) < 4.78 is 15.5. The maximum Gasteiger partial charge on any atom is 0.329 e. The summed E-state index contributed by atoms with van der Waals surface area (Å²) in [5.74, 6) is -0.450. The Kier molecular flexibility index (Phi) is 4.59. The lowest BCUT2D eigenvalue weighted by Gasteiger charge is -2.21. The van der Waals surface area contributed by atoms with Crippen molar-refractivity contribution in [2.24, 2.45) is 0 Å². The fraction of sp³-hybridized carbons (Fsp3) is 0.700. The summed E-state index contributed by atoms with van der Waals surface area (Å²) in [5, 5.41) is 16.0. The van der Waals surface area contributed by atoms with Crippen molar-refractivity contribution >= 4 is 5.97 Å². The molecule has 0 fully saturated rings. The molecule has 7 nitrogen and oxygen atoms in total. The van der Waals surface area contributed by atoms with Gasteiger partial charge in [0.2, 0.25) is 11.8 Å². The van der Waals surface area contributed by atoms with Gasteiger partial charge in [0.1, 0.15) is 18.8 Å². The molecule has 1 unspecified atom stereocenters. The molecule has 7 heteroatoms. The van der Waals surface area contributed by atoms with Crippen molar-refractivity contribution in [3.63, 3.8) is 0 Å². The lowest BCUT2D eigenvalue weighted by molar-refractivity contribution is -0.142. The van der Waals surface area contributed by atoms with Crippen LogP contribution >= 0.6 is 0 Å². The quantitative estimate of drug-likeness (QED) is 0.762. The minimum atomic E-state index is -1.04. The summed E-state index contributed by atoms with van der Waals surface area (Å²) in [7, 11) is 1.56. The van der Waals surface area contributed by atoms with E-state index >= 15 is 0 Å². The van der Waals surface area contributed by atoms with Gasteiger partial charge in [0.25, 0.3) is 0 Å². The van der Waals surface area contributed by atoms with Crippen LogP contribution in [0.15, 0.2) is 4.42 Å². The highest BCUT2D eigenvalue weighted by Crippen LogP contribution is 2.26. The van der Waals surface area contributed by atoms with Crippen LogP contribution in [0, 0.1) is 0 Å². The Morgan fingerprint density at radius 1 is 1.53 bits per heavy atom. The molecule has 0 spiro atoms. The highest BCUT2D eigenvalue weighted by Gasteiger charge is 2.30. The molecule has 0 saturated heterocycles. The van der Waals surface area contributed by atoms with Crippen molar-refractivity contribution in [1.82, 2.24) is 10.2 Å². The maximum atomic E-state index is 10.2.